The standard InChI is InChI=1S/C15H22N2O6.C15H20N2O5/c1-15(2,3)23-14(20)17(21)12(5-6-18)10-7-11(9-16-8-10)13(19)22-4;1-15(2,3)22-14(19)17-12(5-6-21-17)10-7-11(9-16-8-10)13(18)20-4/h7-9,12,18,21H,5-6H2,1-4H3;7-9,12H,5-6H2,1-4H3. The summed E-state index contributed by atoms with van der Waals surface area (Å²) in [6, 6.07) is 1.83. The molecule has 0 bridgehead atoms. The van der Waals surface area contributed by atoms with Crippen LogP contribution in [0.3, 0.4) is 0 Å². The molecule has 3 heterocycles. The Balaban J connectivity index is 0.000000314. The number of aromatic nitrogens is 2. The summed E-state index contributed by atoms with van der Waals surface area (Å²) in [6.07, 6.45) is 4.85. The molecule has 2 aromatic heterocycles. The van der Waals surface area contributed by atoms with E-state index < -0.39 is 41.4 Å². The zero-order chi connectivity index (χ0) is 33.9. The van der Waals surface area contributed by atoms with Gasteiger partial charge in [-0.1, -0.05) is 0 Å². The maximum absolute atomic E-state index is 12.2. The Hall–Kier alpha value is -4.34. The predicted molar refractivity (Wildman–Crippen MR) is 157 cm³/mol. The van der Waals surface area contributed by atoms with E-state index >= 15 is 0 Å². The molecule has 15 heteroatoms. The first-order valence-corrected chi connectivity index (χ1v) is 14.0. The van der Waals surface area contributed by atoms with Crippen LogP contribution in [0.5, 0.6) is 0 Å². The summed E-state index contributed by atoms with van der Waals surface area (Å²) in [5.74, 6) is -1.07. The molecule has 1 fully saturated rings. The van der Waals surface area contributed by atoms with Gasteiger partial charge in [0.2, 0.25) is 0 Å². The van der Waals surface area contributed by atoms with Crippen LogP contribution in [0.1, 0.15) is 98.3 Å². The van der Waals surface area contributed by atoms with E-state index in [9.17, 15) is 29.5 Å². The minimum atomic E-state index is -0.959. The summed E-state index contributed by atoms with van der Waals surface area (Å²) in [5.41, 5.74) is 0.177. The van der Waals surface area contributed by atoms with E-state index in [1.54, 1.807) is 53.8 Å². The number of hydrogen-bond acceptors (Lipinski definition) is 13. The molecule has 0 saturated carbocycles. The maximum atomic E-state index is 12.2. The number of hydrogen-bond donors (Lipinski definition) is 2. The quantitative estimate of drug-likeness (QED) is 0.189. The van der Waals surface area contributed by atoms with Crippen LogP contribution in [0, 0.1) is 0 Å². The summed E-state index contributed by atoms with van der Waals surface area (Å²) in [6.45, 7) is 10.5. The highest BCUT2D eigenvalue weighted by molar-refractivity contribution is 5.89. The van der Waals surface area contributed by atoms with E-state index in [-0.39, 0.29) is 24.6 Å². The number of pyridine rings is 2. The van der Waals surface area contributed by atoms with Crippen molar-refractivity contribution in [1.82, 2.24) is 20.1 Å². The summed E-state index contributed by atoms with van der Waals surface area (Å²) in [7, 11) is 2.54. The topological polar surface area (TPSA) is 187 Å². The molecule has 2 atom stereocenters. The van der Waals surface area contributed by atoms with Gasteiger partial charge in [0.25, 0.3) is 0 Å². The predicted octanol–water partition coefficient (Wildman–Crippen LogP) is 4.40. The van der Waals surface area contributed by atoms with Crippen molar-refractivity contribution in [3.63, 3.8) is 0 Å². The highest BCUT2D eigenvalue weighted by Crippen LogP contribution is 2.32. The van der Waals surface area contributed by atoms with Gasteiger partial charge in [-0.15, -0.1) is 0 Å². The van der Waals surface area contributed by atoms with Gasteiger partial charge in [0.1, 0.15) is 11.2 Å². The van der Waals surface area contributed by atoms with E-state index in [1.807, 2.05) is 0 Å². The van der Waals surface area contributed by atoms with Crippen LogP contribution in [-0.4, -0.2) is 93.2 Å². The smallest absolute Gasteiger partial charge is 0.435 e. The number of carbonyl (C=O) groups is 4. The van der Waals surface area contributed by atoms with Crippen molar-refractivity contribution in [2.24, 2.45) is 0 Å². The van der Waals surface area contributed by atoms with Gasteiger partial charge in [-0.05, 0) is 71.2 Å². The number of methoxy groups -OCH3 is 2. The lowest BCUT2D eigenvalue weighted by Crippen LogP contribution is -2.37. The lowest BCUT2D eigenvalue weighted by molar-refractivity contribution is -0.125. The van der Waals surface area contributed by atoms with Crippen LogP contribution < -0.4 is 0 Å². The molecule has 2 aromatic rings. The first-order valence-electron chi connectivity index (χ1n) is 14.0. The number of ether oxygens (including phenoxy) is 4. The van der Waals surface area contributed by atoms with Crippen molar-refractivity contribution < 1.29 is 53.3 Å². The highest BCUT2D eigenvalue weighted by atomic mass is 16.7. The van der Waals surface area contributed by atoms with Gasteiger partial charge >= 0.3 is 24.1 Å². The molecule has 0 spiro atoms. The second-order valence-electron chi connectivity index (χ2n) is 11.8. The van der Waals surface area contributed by atoms with Gasteiger partial charge in [0.05, 0.1) is 44.0 Å². The molecule has 248 valence electrons. The van der Waals surface area contributed by atoms with Gasteiger partial charge in [-0.3, -0.25) is 20.0 Å². The molecule has 1 saturated heterocycles. The Morgan fingerprint density at radius 2 is 1.49 bits per heavy atom. The number of esters is 2. The number of nitrogens with zero attached hydrogens (tertiary/aromatic N) is 4. The zero-order valence-corrected chi connectivity index (χ0v) is 26.8. The highest BCUT2D eigenvalue weighted by Gasteiger charge is 2.35. The number of aliphatic hydroxyl groups excluding tert-OH is 1. The molecule has 2 N–H and O–H groups in total. The molecule has 45 heavy (non-hydrogen) atoms. The molecular weight excluding hydrogens is 592 g/mol. The van der Waals surface area contributed by atoms with E-state index in [4.69, 9.17) is 14.3 Å². The molecule has 1 aliphatic heterocycles. The Morgan fingerprint density at radius 1 is 0.933 bits per heavy atom. The zero-order valence-electron chi connectivity index (χ0n) is 26.8. The van der Waals surface area contributed by atoms with Gasteiger partial charge in [0.15, 0.2) is 0 Å². The van der Waals surface area contributed by atoms with Crippen molar-refractivity contribution in [3.05, 3.63) is 59.2 Å². The van der Waals surface area contributed by atoms with Crippen LogP contribution in [0.25, 0.3) is 0 Å². The summed E-state index contributed by atoms with van der Waals surface area (Å²) >= 11 is 0. The molecule has 2 amide bonds. The Bertz CT molecular complexity index is 1320. The number of amides is 2. The first-order chi connectivity index (χ1) is 21.0. The molecule has 0 radical (unpaired) electrons. The van der Waals surface area contributed by atoms with E-state index in [0.717, 1.165) is 0 Å². The molecule has 2 unspecified atom stereocenters. The van der Waals surface area contributed by atoms with E-state index in [1.165, 1.54) is 43.9 Å². The second kappa shape index (κ2) is 16.1. The van der Waals surface area contributed by atoms with Gasteiger partial charge < -0.3 is 24.1 Å². The van der Waals surface area contributed by atoms with Gasteiger partial charge in [0, 0.05) is 37.8 Å². The molecule has 0 aromatic carbocycles. The van der Waals surface area contributed by atoms with Crippen molar-refractivity contribution in [2.75, 3.05) is 27.4 Å². The van der Waals surface area contributed by atoms with Crippen LogP contribution in [0.2, 0.25) is 0 Å². The third-order valence-electron chi connectivity index (χ3n) is 5.89. The summed E-state index contributed by atoms with van der Waals surface area (Å²) < 4.78 is 19.7. The Morgan fingerprint density at radius 3 is 2.02 bits per heavy atom. The average molecular weight is 635 g/mol. The average Bonchev–Trinajstić information content (AvgIpc) is 3.48. The Kier molecular flexibility index (Phi) is 13.2. The van der Waals surface area contributed by atoms with Crippen molar-refractivity contribution in [2.45, 2.75) is 77.7 Å². The first kappa shape index (κ1) is 36.8. The molecule has 3 rings (SSSR count). The minimum Gasteiger partial charge on any atom is -0.465 e. The van der Waals surface area contributed by atoms with Crippen LogP contribution in [0.4, 0.5) is 9.59 Å². The molecule has 0 aliphatic carbocycles. The number of carbonyl (C=O) groups excluding carboxylic acids is 4. The summed E-state index contributed by atoms with van der Waals surface area (Å²) in [5, 5.41) is 20.9. The van der Waals surface area contributed by atoms with E-state index in [0.29, 0.717) is 34.8 Å². The fraction of sp³-hybridized carbons (Fsp3) is 0.533. The van der Waals surface area contributed by atoms with Crippen molar-refractivity contribution in [1.29, 1.82) is 0 Å². The van der Waals surface area contributed by atoms with Crippen LogP contribution in [-0.2, 0) is 23.8 Å². The molecule has 1 aliphatic rings. The number of rotatable bonds is 7. The SMILES string of the molecule is COC(=O)c1cncc(C(CCO)N(O)C(=O)OC(C)(C)C)c1.COC(=O)c1cncc(C2CCON2C(=O)OC(C)(C)C)c1. The minimum absolute atomic E-state index is 0.0437. The largest absolute Gasteiger partial charge is 0.465 e. The van der Waals surface area contributed by atoms with Crippen molar-refractivity contribution in [3.8, 4) is 0 Å². The van der Waals surface area contributed by atoms with Crippen LogP contribution >= 0.6 is 0 Å². The lowest BCUT2D eigenvalue weighted by atomic mass is 10.0. The lowest BCUT2D eigenvalue weighted by Gasteiger charge is -2.28. The van der Waals surface area contributed by atoms with Crippen molar-refractivity contribution >= 4 is 24.1 Å². The Labute approximate surface area is 261 Å². The molecule has 15 nitrogen and oxygen atoms in total. The fourth-order valence-corrected chi connectivity index (χ4v) is 3.99. The summed E-state index contributed by atoms with van der Waals surface area (Å²) in [4.78, 5) is 60.6. The third-order valence-corrected chi connectivity index (χ3v) is 5.89. The molecular formula is C30H42N4O11. The number of hydroxylamine groups is 4. The maximum Gasteiger partial charge on any atom is 0.435 e. The van der Waals surface area contributed by atoms with Gasteiger partial charge in [-0.2, -0.15) is 10.1 Å². The fourth-order valence-electron chi connectivity index (χ4n) is 3.99. The van der Waals surface area contributed by atoms with Crippen LogP contribution in [0.15, 0.2) is 36.9 Å². The third kappa shape index (κ3) is 11.3. The normalized spacial score (nSPS) is 15.2. The monoisotopic (exact) mass is 634 g/mol. The van der Waals surface area contributed by atoms with E-state index in [2.05, 4.69) is 19.4 Å². The second-order valence-corrected chi connectivity index (χ2v) is 11.8. The number of aliphatic hydroxyl groups is 1. The van der Waals surface area contributed by atoms with Gasteiger partial charge in [-0.25, -0.2) is 19.2 Å².